The fourth-order valence-corrected chi connectivity index (χ4v) is 4.02. The van der Waals surface area contributed by atoms with Crippen molar-refractivity contribution >= 4 is 44.9 Å². The molecule has 0 aliphatic carbocycles. The second-order valence-corrected chi connectivity index (χ2v) is 8.45. The zero-order chi connectivity index (χ0) is 18.4. The van der Waals surface area contributed by atoms with Crippen molar-refractivity contribution < 1.29 is 9.21 Å². The molecule has 5 nitrogen and oxygen atoms in total. The van der Waals surface area contributed by atoms with E-state index in [1.54, 1.807) is 16.2 Å². The van der Waals surface area contributed by atoms with Crippen LogP contribution >= 0.6 is 39.0 Å². The number of amides is 1. The van der Waals surface area contributed by atoms with E-state index in [0.29, 0.717) is 30.6 Å². The maximum atomic E-state index is 12.6. The smallest absolute Gasteiger partial charge is 0.257 e. The molecular weight excluding hydrogens is 434 g/mol. The van der Waals surface area contributed by atoms with Crippen LogP contribution in [0.5, 0.6) is 0 Å². The second-order valence-electron chi connectivity index (χ2n) is 5.54. The lowest BCUT2D eigenvalue weighted by Gasteiger charge is -2.20. The highest BCUT2D eigenvalue weighted by Crippen LogP contribution is 2.24. The first-order chi connectivity index (χ1) is 12.7. The lowest BCUT2D eigenvalue weighted by molar-refractivity contribution is -0.129. The molecule has 2 aromatic heterocycles. The Morgan fingerprint density at radius 1 is 1.27 bits per heavy atom. The molecule has 0 saturated heterocycles. The molecule has 0 saturated carbocycles. The third-order valence-electron chi connectivity index (χ3n) is 3.55. The van der Waals surface area contributed by atoms with Gasteiger partial charge in [0.1, 0.15) is 0 Å². The molecule has 1 aromatic carbocycles. The van der Waals surface area contributed by atoms with E-state index >= 15 is 0 Å². The van der Waals surface area contributed by atoms with E-state index in [-0.39, 0.29) is 5.91 Å². The summed E-state index contributed by atoms with van der Waals surface area (Å²) in [5, 5.41) is 10.1. The molecule has 8 heteroatoms. The van der Waals surface area contributed by atoms with Gasteiger partial charge in [0.25, 0.3) is 5.89 Å². The van der Waals surface area contributed by atoms with Crippen LogP contribution in [0.1, 0.15) is 19.2 Å². The Morgan fingerprint density at radius 3 is 2.77 bits per heavy atom. The summed E-state index contributed by atoms with van der Waals surface area (Å²) in [5.41, 5.74) is 0. The summed E-state index contributed by atoms with van der Waals surface area (Å²) in [6.07, 6.45) is 0.876. The van der Waals surface area contributed by atoms with Crippen molar-refractivity contribution in [1.82, 2.24) is 15.1 Å². The summed E-state index contributed by atoms with van der Waals surface area (Å²) in [6, 6.07) is 11.8. The van der Waals surface area contributed by atoms with Crippen molar-refractivity contribution in [2.45, 2.75) is 24.8 Å². The van der Waals surface area contributed by atoms with Gasteiger partial charge in [0.05, 0.1) is 17.2 Å². The van der Waals surface area contributed by atoms with E-state index in [1.165, 1.54) is 11.8 Å². The minimum atomic E-state index is 0.0654. The van der Waals surface area contributed by atoms with Gasteiger partial charge in [0, 0.05) is 15.9 Å². The standard InChI is InChI=1S/C18H18BrN3O2S2/c1-2-9-22(17(23)12-26-14-7-5-13(19)6-8-14)11-16-20-21-18(24-16)15-4-3-10-25-15/h3-8,10H,2,9,11-12H2,1H3. The Bertz CT molecular complexity index is 835. The van der Waals surface area contributed by atoms with Crippen LogP contribution < -0.4 is 0 Å². The molecule has 0 radical (unpaired) electrons. The predicted molar refractivity (Wildman–Crippen MR) is 108 cm³/mol. The van der Waals surface area contributed by atoms with Crippen molar-refractivity contribution in [3.63, 3.8) is 0 Å². The zero-order valence-electron chi connectivity index (χ0n) is 14.2. The van der Waals surface area contributed by atoms with Gasteiger partial charge in [-0.2, -0.15) is 0 Å². The van der Waals surface area contributed by atoms with Crippen LogP contribution in [0.4, 0.5) is 0 Å². The van der Waals surface area contributed by atoms with Crippen LogP contribution in [0.25, 0.3) is 10.8 Å². The van der Waals surface area contributed by atoms with E-state index < -0.39 is 0 Å². The number of thioether (sulfide) groups is 1. The number of thiophene rings is 1. The van der Waals surface area contributed by atoms with Gasteiger partial charge in [-0.05, 0) is 42.1 Å². The number of hydrogen-bond acceptors (Lipinski definition) is 6. The Labute approximate surface area is 168 Å². The van der Waals surface area contributed by atoms with E-state index in [0.717, 1.165) is 20.7 Å². The lowest BCUT2D eigenvalue weighted by Crippen LogP contribution is -2.32. The van der Waals surface area contributed by atoms with E-state index in [4.69, 9.17) is 4.42 Å². The maximum Gasteiger partial charge on any atom is 0.257 e. The molecule has 26 heavy (non-hydrogen) atoms. The van der Waals surface area contributed by atoms with Crippen LogP contribution in [0.3, 0.4) is 0 Å². The molecule has 3 aromatic rings. The van der Waals surface area contributed by atoms with E-state index in [2.05, 4.69) is 26.1 Å². The molecule has 2 heterocycles. The average molecular weight is 452 g/mol. The van der Waals surface area contributed by atoms with Crippen LogP contribution in [-0.2, 0) is 11.3 Å². The highest BCUT2D eigenvalue weighted by Gasteiger charge is 2.18. The number of benzene rings is 1. The Hall–Kier alpha value is -1.64. The maximum absolute atomic E-state index is 12.6. The van der Waals surface area contributed by atoms with Crippen LogP contribution in [-0.4, -0.2) is 33.3 Å². The van der Waals surface area contributed by atoms with Crippen molar-refractivity contribution in [3.8, 4) is 10.8 Å². The third kappa shape index (κ3) is 5.18. The van der Waals surface area contributed by atoms with Gasteiger partial charge in [-0.15, -0.1) is 33.3 Å². The topological polar surface area (TPSA) is 59.2 Å². The molecule has 0 fully saturated rings. The number of carbonyl (C=O) groups excluding carboxylic acids is 1. The quantitative estimate of drug-likeness (QED) is 0.446. The Balaban J connectivity index is 1.60. The second kappa shape index (κ2) is 9.34. The third-order valence-corrected chi connectivity index (χ3v) is 5.93. The summed E-state index contributed by atoms with van der Waals surface area (Å²) in [6.45, 7) is 3.05. The Morgan fingerprint density at radius 2 is 2.08 bits per heavy atom. The largest absolute Gasteiger partial charge is 0.418 e. The minimum Gasteiger partial charge on any atom is -0.418 e. The molecule has 1 amide bonds. The van der Waals surface area contributed by atoms with Gasteiger partial charge in [-0.3, -0.25) is 4.79 Å². The molecule has 0 aliphatic heterocycles. The summed E-state index contributed by atoms with van der Waals surface area (Å²) >= 11 is 6.49. The first-order valence-corrected chi connectivity index (χ1v) is 10.8. The summed E-state index contributed by atoms with van der Waals surface area (Å²) < 4.78 is 6.74. The zero-order valence-corrected chi connectivity index (χ0v) is 17.4. The first kappa shape index (κ1) is 19.1. The van der Waals surface area contributed by atoms with Crippen molar-refractivity contribution in [3.05, 3.63) is 52.1 Å². The molecule has 0 unspecified atom stereocenters. The fraction of sp³-hybridized carbons (Fsp3) is 0.278. The number of rotatable bonds is 8. The van der Waals surface area contributed by atoms with Crippen LogP contribution in [0, 0.1) is 0 Å². The molecule has 0 bridgehead atoms. The average Bonchev–Trinajstić information content (AvgIpc) is 3.32. The summed E-state index contributed by atoms with van der Waals surface area (Å²) in [5.74, 6) is 1.41. The SMILES string of the molecule is CCCN(Cc1nnc(-c2cccs2)o1)C(=O)CSc1ccc(Br)cc1. The highest BCUT2D eigenvalue weighted by molar-refractivity contribution is 9.10. The van der Waals surface area contributed by atoms with Gasteiger partial charge in [0.2, 0.25) is 11.8 Å². The predicted octanol–water partition coefficient (Wildman–Crippen LogP) is 5.09. The fourth-order valence-electron chi connectivity index (χ4n) is 2.31. The summed E-state index contributed by atoms with van der Waals surface area (Å²) in [7, 11) is 0. The molecular formula is C18H18BrN3O2S2. The molecule has 3 rings (SSSR count). The lowest BCUT2D eigenvalue weighted by atomic mass is 10.4. The molecule has 0 spiro atoms. The van der Waals surface area contributed by atoms with Gasteiger partial charge in [-0.1, -0.05) is 28.9 Å². The first-order valence-electron chi connectivity index (χ1n) is 8.18. The van der Waals surface area contributed by atoms with Gasteiger partial charge < -0.3 is 9.32 Å². The van der Waals surface area contributed by atoms with Crippen LogP contribution in [0.2, 0.25) is 0 Å². The normalized spacial score (nSPS) is 10.8. The number of carbonyl (C=O) groups is 1. The Kier molecular flexibility index (Phi) is 6.87. The van der Waals surface area contributed by atoms with Crippen LogP contribution in [0.15, 0.2) is 55.6 Å². The summed E-state index contributed by atoms with van der Waals surface area (Å²) in [4.78, 5) is 16.4. The van der Waals surface area contributed by atoms with Crippen molar-refractivity contribution in [2.75, 3.05) is 12.3 Å². The minimum absolute atomic E-state index is 0.0654. The highest BCUT2D eigenvalue weighted by atomic mass is 79.9. The number of hydrogen-bond donors (Lipinski definition) is 0. The number of nitrogens with zero attached hydrogens (tertiary/aromatic N) is 3. The molecule has 136 valence electrons. The van der Waals surface area contributed by atoms with Gasteiger partial charge in [0.15, 0.2) is 0 Å². The van der Waals surface area contributed by atoms with Crippen molar-refractivity contribution in [2.24, 2.45) is 0 Å². The monoisotopic (exact) mass is 451 g/mol. The molecule has 0 atom stereocenters. The van der Waals surface area contributed by atoms with E-state index in [9.17, 15) is 4.79 Å². The molecule has 0 aliphatic rings. The molecule has 0 N–H and O–H groups in total. The van der Waals surface area contributed by atoms with Gasteiger partial charge in [-0.25, -0.2) is 0 Å². The number of halogens is 1. The van der Waals surface area contributed by atoms with E-state index in [1.807, 2.05) is 48.7 Å². The van der Waals surface area contributed by atoms with Crippen molar-refractivity contribution in [1.29, 1.82) is 0 Å². The number of aromatic nitrogens is 2. The van der Waals surface area contributed by atoms with Gasteiger partial charge >= 0.3 is 0 Å².